The summed E-state index contributed by atoms with van der Waals surface area (Å²) >= 11 is 0. The number of hydrogen-bond acceptors (Lipinski definition) is 3. The van der Waals surface area contributed by atoms with Gasteiger partial charge in [0.05, 0.1) is 12.7 Å². The Morgan fingerprint density at radius 2 is 1.95 bits per heavy atom. The van der Waals surface area contributed by atoms with Crippen molar-refractivity contribution in [3.63, 3.8) is 0 Å². The van der Waals surface area contributed by atoms with Gasteiger partial charge in [-0.25, -0.2) is 4.39 Å². The van der Waals surface area contributed by atoms with Crippen LogP contribution in [-0.4, -0.2) is 25.9 Å². The summed E-state index contributed by atoms with van der Waals surface area (Å²) in [6.07, 6.45) is 6.15. The third-order valence-electron chi connectivity index (χ3n) is 4.45. The second-order valence-electron chi connectivity index (χ2n) is 5.61. The fraction of sp³-hybridized carbons (Fsp3) is 0.625. The Labute approximate surface area is 120 Å². The Morgan fingerprint density at radius 1 is 1.25 bits per heavy atom. The fourth-order valence-electron chi connectivity index (χ4n) is 3.15. The van der Waals surface area contributed by atoms with Gasteiger partial charge in [-0.05, 0) is 37.0 Å². The standard InChI is InChI=1S/C16H24FNO2/c1-19-14-7-6-12(10-13(14)17)11-15(18)16(20-2)8-4-3-5-9-16/h6-7,10,15H,3-5,8-9,11,18H2,1-2H3. The van der Waals surface area contributed by atoms with Crippen molar-refractivity contribution in [1.82, 2.24) is 0 Å². The van der Waals surface area contributed by atoms with Gasteiger partial charge >= 0.3 is 0 Å². The Kier molecular flexibility index (Phi) is 5.00. The number of ether oxygens (including phenoxy) is 2. The molecule has 2 rings (SSSR count). The highest BCUT2D eigenvalue weighted by molar-refractivity contribution is 5.30. The molecule has 0 aromatic heterocycles. The first-order chi connectivity index (χ1) is 9.61. The minimum absolute atomic E-state index is 0.111. The van der Waals surface area contributed by atoms with Gasteiger partial charge in [0, 0.05) is 13.2 Å². The first-order valence-corrected chi connectivity index (χ1v) is 7.24. The van der Waals surface area contributed by atoms with Crippen LogP contribution in [-0.2, 0) is 11.2 Å². The zero-order valence-electron chi connectivity index (χ0n) is 12.3. The minimum Gasteiger partial charge on any atom is -0.494 e. The first kappa shape index (κ1) is 15.3. The quantitative estimate of drug-likeness (QED) is 0.902. The van der Waals surface area contributed by atoms with E-state index < -0.39 is 0 Å². The molecule has 2 N–H and O–H groups in total. The van der Waals surface area contributed by atoms with Crippen LogP contribution in [0.5, 0.6) is 5.75 Å². The van der Waals surface area contributed by atoms with E-state index in [0.29, 0.717) is 6.42 Å². The summed E-state index contributed by atoms with van der Waals surface area (Å²) < 4.78 is 24.4. The Morgan fingerprint density at radius 3 is 2.50 bits per heavy atom. The number of rotatable bonds is 5. The molecule has 0 amide bonds. The molecule has 1 saturated carbocycles. The lowest BCUT2D eigenvalue weighted by atomic mass is 9.77. The molecule has 1 aromatic rings. The number of hydrogen-bond donors (Lipinski definition) is 1. The van der Waals surface area contributed by atoms with Gasteiger partial charge in [0.2, 0.25) is 0 Å². The summed E-state index contributed by atoms with van der Waals surface area (Å²) in [5, 5.41) is 0. The number of nitrogens with two attached hydrogens (primary N) is 1. The van der Waals surface area contributed by atoms with Gasteiger partial charge in [-0.15, -0.1) is 0 Å². The second-order valence-corrected chi connectivity index (χ2v) is 5.61. The molecule has 112 valence electrons. The lowest BCUT2D eigenvalue weighted by Crippen LogP contribution is -2.51. The van der Waals surface area contributed by atoms with Crippen molar-refractivity contribution in [2.24, 2.45) is 5.73 Å². The van der Waals surface area contributed by atoms with Gasteiger partial charge in [-0.1, -0.05) is 25.3 Å². The van der Waals surface area contributed by atoms with Crippen molar-refractivity contribution < 1.29 is 13.9 Å². The molecule has 1 fully saturated rings. The van der Waals surface area contributed by atoms with Crippen molar-refractivity contribution >= 4 is 0 Å². The second kappa shape index (κ2) is 6.55. The maximum absolute atomic E-state index is 13.7. The molecule has 0 saturated heterocycles. The maximum atomic E-state index is 13.7. The van der Waals surface area contributed by atoms with E-state index in [4.69, 9.17) is 15.2 Å². The van der Waals surface area contributed by atoms with Gasteiger partial charge in [0.15, 0.2) is 11.6 Å². The molecule has 1 atom stereocenters. The largest absolute Gasteiger partial charge is 0.494 e. The van der Waals surface area contributed by atoms with Crippen LogP contribution < -0.4 is 10.5 Å². The zero-order chi connectivity index (χ0) is 14.6. The van der Waals surface area contributed by atoms with Gasteiger partial charge < -0.3 is 15.2 Å². The number of methoxy groups -OCH3 is 2. The molecule has 1 aliphatic carbocycles. The smallest absolute Gasteiger partial charge is 0.165 e. The molecule has 0 radical (unpaired) electrons. The lowest BCUT2D eigenvalue weighted by Gasteiger charge is -2.41. The van der Waals surface area contributed by atoms with Crippen LogP contribution in [0.2, 0.25) is 0 Å². The summed E-state index contributed by atoms with van der Waals surface area (Å²) in [4.78, 5) is 0. The van der Waals surface area contributed by atoms with E-state index in [1.54, 1.807) is 13.2 Å². The molecule has 0 bridgehead atoms. The monoisotopic (exact) mass is 281 g/mol. The van der Waals surface area contributed by atoms with Crippen LogP contribution >= 0.6 is 0 Å². The van der Waals surface area contributed by atoms with Crippen molar-refractivity contribution in [2.45, 2.75) is 50.2 Å². The van der Waals surface area contributed by atoms with E-state index in [1.165, 1.54) is 19.6 Å². The molecule has 4 heteroatoms. The normalized spacial score (nSPS) is 19.6. The molecular formula is C16H24FNO2. The van der Waals surface area contributed by atoms with E-state index in [9.17, 15) is 4.39 Å². The molecule has 3 nitrogen and oxygen atoms in total. The highest BCUT2D eigenvalue weighted by Crippen LogP contribution is 2.34. The Hall–Kier alpha value is -1.13. The third kappa shape index (κ3) is 3.13. The fourth-order valence-corrected chi connectivity index (χ4v) is 3.15. The predicted molar refractivity (Wildman–Crippen MR) is 77.5 cm³/mol. The van der Waals surface area contributed by atoms with Gasteiger partial charge in [0.25, 0.3) is 0 Å². The molecule has 1 aliphatic rings. The average Bonchev–Trinajstić information content (AvgIpc) is 2.48. The highest BCUT2D eigenvalue weighted by atomic mass is 19.1. The SMILES string of the molecule is COc1ccc(CC(N)C2(OC)CCCCC2)cc1F. The summed E-state index contributed by atoms with van der Waals surface area (Å²) in [6, 6.07) is 4.91. The molecule has 20 heavy (non-hydrogen) atoms. The van der Waals surface area contributed by atoms with E-state index in [0.717, 1.165) is 31.2 Å². The van der Waals surface area contributed by atoms with E-state index in [-0.39, 0.29) is 23.2 Å². The van der Waals surface area contributed by atoms with E-state index in [1.807, 2.05) is 6.07 Å². The predicted octanol–water partition coefficient (Wildman–Crippen LogP) is 3.05. The van der Waals surface area contributed by atoms with E-state index in [2.05, 4.69) is 0 Å². The molecule has 0 spiro atoms. The van der Waals surface area contributed by atoms with Crippen LogP contribution in [0.1, 0.15) is 37.7 Å². The van der Waals surface area contributed by atoms with Gasteiger partial charge in [-0.2, -0.15) is 0 Å². The Bertz CT molecular complexity index is 444. The van der Waals surface area contributed by atoms with Crippen LogP contribution in [0.15, 0.2) is 18.2 Å². The van der Waals surface area contributed by atoms with Crippen molar-refractivity contribution in [1.29, 1.82) is 0 Å². The van der Waals surface area contributed by atoms with E-state index >= 15 is 0 Å². The average molecular weight is 281 g/mol. The highest BCUT2D eigenvalue weighted by Gasteiger charge is 2.37. The summed E-state index contributed by atoms with van der Waals surface area (Å²) in [5.41, 5.74) is 7.00. The summed E-state index contributed by atoms with van der Waals surface area (Å²) in [6.45, 7) is 0. The minimum atomic E-state index is -0.340. The van der Waals surface area contributed by atoms with Gasteiger partial charge in [-0.3, -0.25) is 0 Å². The van der Waals surface area contributed by atoms with Crippen molar-refractivity contribution in [3.8, 4) is 5.75 Å². The molecule has 1 aromatic carbocycles. The summed E-state index contributed by atoms with van der Waals surface area (Å²) in [5.74, 6) is -0.0752. The third-order valence-corrected chi connectivity index (χ3v) is 4.45. The number of halogens is 1. The van der Waals surface area contributed by atoms with Crippen LogP contribution in [0.3, 0.4) is 0 Å². The number of benzene rings is 1. The van der Waals surface area contributed by atoms with Crippen molar-refractivity contribution in [2.75, 3.05) is 14.2 Å². The topological polar surface area (TPSA) is 44.5 Å². The Balaban J connectivity index is 2.09. The maximum Gasteiger partial charge on any atom is 0.165 e. The van der Waals surface area contributed by atoms with Gasteiger partial charge in [0.1, 0.15) is 0 Å². The molecular weight excluding hydrogens is 257 g/mol. The zero-order valence-corrected chi connectivity index (χ0v) is 12.3. The summed E-state index contributed by atoms with van der Waals surface area (Å²) in [7, 11) is 3.20. The van der Waals surface area contributed by atoms with Crippen molar-refractivity contribution in [3.05, 3.63) is 29.6 Å². The lowest BCUT2D eigenvalue weighted by molar-refractivity contribution is -0.0582. The van der Waals surface area contributed by atoms with Crippen LogP contribution in [0, 0.1) is 5.82 Å². The van der Waals surface area contributed by atoms with Crippen LogP contribution in [0.25, 0.3) is 0 Å². The molecule has 0 heterocycles. The molecule has 0 aliphatic heterocycles. The molecule has 1 unspecified atom stereocenters. The first-order valence-electron chi connectivity index (χ1n) is 7.24. The van der Waals surface area contributed by atoms with Crippen LogP contribution in [0.4, 0.5) is 4.39 Å².